The van der Waals surface area contributed by atoms with Crippen molar-refractivity contribution in [2.45, 2.75) is 38.1 Å². The molecular weight excluding hydrogens is 337 g/mol. The van der Waals surface area contributed by atoms with Crippen molar-refractivity contribution in [2.75, 3.05) is 24.5 Å². The van der Waals surface area contributed by atoms with Crippen LogP contribution in [0.3, 0.4) is 0 Å². The Balaban J connectivity index is 1.72. The molecule has 5 nitrogen and oxygen atoms in total. The molecule has 138 valence electrons. The molecule has 0 radical (unpaired) electrons. The summed E-state index contributed by atoms with van der Waals surface area (Å²) in [5.74, 6) is -0.0318. The first-order chi connectivity index (χ1) is 11.7. The predicted octanol–water partition coefficient (Wildman–Crippen LogP) is 2.09. The minimum atomic E-state index is -4.43. The van der Waals surface area contributed by atoms with Crippen molar-refractivity contribution in [1.82, 2.24) is 5.32 Å². The third kappa shape index (κ3) is 3.32. The Morgan fingerprint density at radius 3 is 2.60 bits per heavy atom. The second-order valence-electron chi connectivity index (χ2n) is 6.63. The van der Waals surface area contributed by atoms with E-state index in [2.05, 4.69) is 5.32 Å². The van der Waals surface area contributed by atoms with E-state index in [1.54, 1.807) is 17.0 Å². The van der Waals surface area contributed by atoms with Gasteiger partial charge in [0.15, 0.2) is 6.10 Å². The smallest absolute Gasteiger partial charge is 0.425 e. The first kappa shape index (κ1) is 18.0. The number of halogens is 3. The number of alkyl halides is 3. The summed E-state index contributed by atoms with van der Waals surface area (Å²) in [6, 6.07) is 6.00. The molecule has 2 aliphatic rings. The number of anilines is 1. The molecule has 0 saturated carbocycles. The van der Waals surface area contributed by atoms with E-state index in [0.717, 1.165) is 6.92 Å². The van der Waals surface area contributed by atoms with Crippen molar-refractivity contribution in [3.63, 3.8) is 0 Å². The number of nitrogens with one attached hydrogen (secondary N) is 1. The van der Waals surface area contributed by atoms with E-state index < -0.39 is 23.8 Å². The maximum atomic E-state index is 12.8. The molecule has 3 rings (SSSR count). The maximum absolute atomic E-state index is 12.8. The number of amides is 1. The van der Waals surface area contributed by atoms with Crippen LogP contribution in [0.5, 0.6) is 5.75 Å². The number of piperidine rings is 1. The van der Waals surface area contributed by atoms with Crippen LogP contribution in [0.1, 0.15) is 19.8 Å². The molecule has 0 bridgehead atoms. The summed E-state index contributed by atoms with van der Waals surface area (Å²) in [5, 5.41) is 13.3. The summed E-state index contributed by atoms with van der Waals surface area (Å²) in [6.07, 6.45) is -5.92. The number of benzene rings is 1. The van der Waals surface area contributed by atoms with Crippen LogP contribution in [0.15, 0.2) is 24.3 Å². The Hall–Kier alpha value is -1.80. The predicted molar refractivity (Wildman–Crippen MR) is 85.5 cm³/mol. The van der Waals surface area contributed by atoms with Gasteiger partial charge in [0.2, 0.25) is 5.91 Å². The van der Waals surface area contributed by atoms with Gasteiger partial charge in [0, 0.05) is 18.8 Å². The van der Waals surface area contributed by atoms with Gasteiger partial charge in [-0.05, 0) is 50.6 Å². The highest BCUT2D eigenvalue weighted by atomic mass is 19.4. The number of ether oxygens (including phenoxy) is 1. The van der Waals surface area contributed by atoms with Gasteiger partial charge in [-0.15, -0.1) is 0 Å². The number of nitrogens with zero attached hydrogens (tertiary/aromatic N) is 1. The molecule has 0 aliphatic carbocycles. The molecule has 2 N–H and O–H groups in total. The standard InChI is InChI=1S/C17H21F3N2O3/c1-11(17(18,19)20)25-13-4-2-12(3-5-13)22-9-7-16(15(22)24)6-8-21-10-14(16)23/h2-5,11,14,21,23H,6-10H2,1H3. The monoisotopic (exact) mass is 358 g/mol. The second-order valence-corrected chi connectivity index (χ2v) is 6.63. The minimum Gasteiger partial charge on any atom is -0.481 e. The van der Waals surface area contributed by atoms with E-state index in [-0.39, 0.29) is 11.7 Å². The molecule has 3 atom stereocenters. The zero-order valence-corrected chi connectivity index (χ0v) is 13.8. The molecule has 2 heterocycles. The van der Waals surface area contributed by atoms with Crippen molar-refractivity contribution >= 4 is 11.6 Å². The van der Waals surface area contributed by atoms with E-state index in [1.165, 1.54) is 12.1 Å². The average Bonchev–Trinajstić information content (AvgIpc) is 2.88. The van der Waals surface area contributed by atoms with Crippen LogP contribution >= 0.6 is 0 Å². The quantitative estimate of drug-likeness (QED) is 0.869. The Morgan fingerprint density at radius 1 is 1.32 bits per heavy atom. The molecule has 1 aromatic carbocycles. The molecule has 8 heteroatoms. The Kier molecular flexibility index (Phi) is 4.68. The first-order valence-corrected chi connectivity index (χ1v) is 8.28. The summed E-state index contributed by atoms with van der Waals surface area (Å²) in [7, 11) is 0. The van der Waals surface area contributed by atoms with Crippen molar-refractivity contribution in [3.8, 4) is 5.75 Å². The van der Waals surface area contributed by atoms with Gasteiger partial charge in [-0.3, -0.25) is 4.79 Å². The largest absolute Gasteiger partial charge is 0.481 e. The lowest BCUT2D eigenvalue weighted by Gasteiger charge is -2.36. The number of aliphatic hydroxyl groups is 1. The molecule has 1 amide bonds. The molecule has 25 heavy (non-hydrogen) atoms. The Labute approximate surface area is 143 Å². The van der Waals surface area contributed by atoms with Crippen LogP contribution in [-0.4, -0.2) is 49.0 Å². The highest BCUT2D eigenvalue weighted by Gasteiger charge is 2.52. The van der Waals surface area contributed by atoms with Gasteiger partial charge in [-0.25, -0.2) is 0 Å². The molecule has 1 aromatic rings. The van der Waals surface area contributed by atoms with Crippen molar-refractivity contribution < 1.29 is 27.8 Å². The number of hydrogen-bond donors (Lipinski definition) is 2. The Morgan fingerprint density at radius 2 is 2.00 bits per heavy atom. The number of β-amino-alcohol motifs (C(OH)–C–C–N with tert-alkyl or cyclic N) is 1. The summed E-state index contributed by atoms with van der Waals surface area (Å²) < 4.78 is 42.5. The van der Waals surface area contributed by atoms with Gasteiger partial charge >= 0.3 is 6.18 Å². The molecule has 2 aliphatic heterocycles. The van der Waals surface area contributed by atoms with Crippen molar-refractivity contribution in [2.24, 2.45) is 5.41 Å². The van der Waals surface area contributed by atoms with E-state index in [1.807, 2.05) is 0 Å². The van der Waals surface area contributed by atoms with E-state index in [0.29, 0.717) is 38.2 Å². The van der Waals surface area contributed by atoms with Gasteiger partial charge in [0.25, 0.3) is 0 Å². The summed E-state index contributed by atoms with van der Waals surface area (Å²) in [5.41, 5.74) is -0.162. The molecule has 0 aromatic heterocycles. The highest BCUT2D eigenvalue weighted by Crippen LogP contribution is 2.42. The van der Waals surface area contributed by atoms with Gasteiger partial charge < -0.3 is 20.1 Å². The summed E-state index contributed by atoms with van der Waals surface area (Å²) in [4.78, 5) is 14.4. The lowest BCUT2D eigenvalue weighted by Crippen LogP contribution is -2.53. The topological polar surface area (TPSA) is 61.8 Å². The molecular formula is C17H21F3N2O3. The SMILES string of the molecule is CC(Oc1ccc(N2CCC3(CCNCC3O)C2=O)cc1)C(F)(F)F. The van der Waals surface area contributed by atoms with E-state index in [4.69, 9.17) is 4.74 Å². The summed E-state index contributed by atoms with van der Waals surface area (Å²) in [6.45, 7) is 2.50. The maximum Gasteiger partial charge on any atom is 0.425 e. The number of carbonyl (C=O) groups excluding carboxylic acids is 1. The van der Waals surface area contributed by atoms with Crippen LogP contribution in [0, 0.1) is 5.41 Å². The van der Waals surface area contributed by atoms with Crippen molar-refractivity contribution in [1.29, 1.82) is 0 Å². The second kappa shape index (κ2) is 6.49. The fraction of sp³-hybridized carbons (Fsp3) is 0.588. The third-order valence-electron chi connectivity index (χ3n) is 5.10. The number of aliphatic hydroxyl groups excluding tert-OH is 1. The lowest BCUT2D eigenvalue weighted by molar-refractivity contribution is -0.189. The zero-order valence-electron chi connectivity index (χ0n) is 13.8. The number of hydrogen-bond acceptors (Lipinski definition) is 4. The van der Waals surface area contributed by atoms with Crippen LogP contribution in [0.25, 0.3) is 0 Å². The molecule has 3 unspecified atom stereocenters. The van der Waals surface area contributed by atoms with E-state index >= 15 is 0 Å². The van der Waals surface area contributed by atoms with Crippen LogP contribution in [-0.2, 0) is 4.79 Å². The lowest BCUT2D eigenvalue weighted by atomic mass is 9.75. The van der Waals surface area contributed by atoms with Crippen LogP contribution in [0.4, 0.5) is 18.9 Å². The van der Waals surface area contributed by atoms with Crippen LogP contribution in [0.2, 0.25) is 0 Å². The van der Waals surface area contributed by atoms with Crippen molar-refractivity contribution in [3.05, 3.63) is 24.3 Å². The molecule has 2 fully saturated rings. The summed E-state index contributed by atoms with van der Waals surface area (Å²) >= 11 is 0. The normalized spacial score (nSPS) is 28.4. The average molecular weight is 358 g/mol. The molecule has 1 spiro atoms. The van der Waals surface area contributed by atoms with Gasteiger partial charge in [0.1, 0.15) is 5.75 Å². The van der Waals surface area contributed by atoms with Gasteiger partial charge in [-0.2, -0.15) is 13.2 Å². The van der Waals surface area contributed by atoms with Gasteiger partial charge in [-0.1, -0.05) is 0 Å². The van der Waals surface area contributed by atoms with Crippen LogP contribution < -0.4 is 15.0 Å². The zero-order chi connectivity index (χ0) is 18.2. The highest BCUT2D eigenvalue weighted by molar-refractivity contribution is 6.00. The number of rotatable bonds is 3. The fourth-order valence-corrected chi connectivity index (χ4v) is 3.46. The first-order valence-electron chi connectivity index (χ1n) is 8.28. The fourth-order valence-electron chi connectivity index (χ4n) is 3.46. The number of carbonyl (C=O) groups is 1. The minimum absolute atomic E-state index is 0.0943. The molecule has 2 saturated heterocycles. The van der Waals surface area contributed by atoms with E-state index in [9.17, 15) is 23.1 Å². The van der Waals surface area contributed by atoms with Gasteiger partial charge in [0.05, 0.1) is 11.5 Å². The third-order valence-corrected chi connectivity index (χ3v) is 5.10. The Bertz CT molecular complexity index is 635.